The summed E-state index contributed by atoms with van der Waals surface area (Å²) < 4.78 is 20.2. The van der Waals surface area contributed by atoms with Crippen LogP contribution in [0, 0.1) is 11.7 Å². The summed E-state index contributed by atoms with van der Waals surface area (Å²) in [5.74, 6) is 0.539. The molecule has 1 fully saturated rings. The molecule has 0 saturated carbocycles. The molecule has 1 saturated heterocycles. The summed E-state index contributed by atoms with van der Waals surface area (Å²) in [4.78, 5) is 13.9. The van der Waals surface area contributed by atoms with Crippen LogP contribution in [0.1, 0.15) is 19.8 Å². The largest absolute Gasteiger partial charge is 0.416 e. The number of nitrogens with zero attached hydrogens (tertiary/aromatic N) is 3. The Bertz CT molecular complexity index is 675. The van der Waals surface area contributed by atoms with Crippen LogP contribution in [0.5, 0.6) is 5.88 Å². The SMILES string of the molecule is CC1CCN(C(=O)Oc2nn(C)c3cc(F)ccc23)CC1. The third kappa shape index (κ3) is 2.70. The van der Waals surface area contributed by atoms with Crippen molar-refractivity contribution in [2.75, 3.05) is 13.1 Å². The Labute approximate surface area is 122 Å². The van der Waals surface area contributed by atoms with Gasteiger partial charge in [-0.2, -0.15) is 0 Å². The van der Waals surface area contributed by atoms with E-state index in [-0.39, 0.29) is 17.8 Å². The zero-order valence-corrected chi connectivity index (χ0v) is 12.2. The molecule has 0 atom stereocenters. The van der Waals surface area contributed by atoms with E-state index in [9.17, 15) is 9.18 Å². The number of rotatable bonds is 1. The second-order valence-electron chi connectivity index (χ2n) is 5.63. The van der Waals surface area contributed by atoms with Crippen LogP contribution in [0.4, 0.5) is 9.18 Å². The van der Waals surface area contributed by atoms with E-state index in [0.717, 1.165) is 12.8 Å². The van der Waals surface area contributed by atoms with Gasteiger partial charge in [0.1, 0.15) is 5.82 Å². The van der Waals surface area contributed by atoms with Crippen LogP contribution < -0.4 is 4.74 Å². The van der Waals surface area contributed by atoms with Crippen LogP contribution in [-0.4, -0.2) is 33.9 Å². The molecule has 0 N–H and O–H groups in total. The summed E-state index contributed by atoms with van der Waals surface area (Å²) in [6, 6.07) is 4.30. The lowest BCUT2D eigenvalue weighted by Gasteiger charge is -2.29. The van der Waals surface area contributed by atoms with Gasteiger partial charge in [-0.15, -0.1) is 5.10 Å². The van der Waals surface area contributed by atoms with Crippen molar-refractivity contribution in [1.82, 2.24) is 14.7 Å². The van der Waals surface area contributed by atoms with Crippen molar-refractivity contribution in [3.8, 4) is 5.88 Å². The summed E-state index contributed by atoms with van der Waals surface area (Å²) in [6.45, 7) is 3.60. The first-order valence-electron chi connectivity index (χ1n) is 7.13. The Kier molecular flexibility index (Phi) is 3.53. The summed E-state index contributed by atoms with van der Waals surface area (Å²) in [5, 5.41) is 4.80. The first-order valence-corrected chi connectivity index (χ1v) is 7.13. The predicted octanol–water partition coefficient (Wildman–Crippen LogP) is 2.94. The van der Waals surface area contributed by atoms with Gasteiger partial charge in [0.05, 0.1) is 10.9 Å². The van der Waals surface area contributed by atoms with Gasteiger partial charge in [-0.05, 0) is 37.0 Å². The molecule has 21 heavy (non-hydrogen) atoms. The first-order chi connectivity index (χ1) is 10.0. The number of halogens is 1. The molecular weight excluding hydrogens is 273 g/mol. The van der Waals surface area contributed by atoms with E-state index in [1.165, 1.54) is 16.8 Å². The predicted molar refractivity (Wildman–Crippen MR) is 76.7 cm³/mol. The zero-order chi connectivity index (χ0) is 15.0. The molecule has 1 amide bonds. The average Bonchev–Trinajstić information content (AvgIpc) is 2.75. The number of aromatic nitrogens is 2. The van der Waals surface area contributed by atoms with Crippen LogP contribution in [0.25, 0.3) is 10.9 Å². The van der Waals surface area contributed by atoms with Crippen LogP contribution >= 0.6 is 0 Å². The summed E-state index contributed by atoms with van der Waals surface area (Å²) >= 11 is 0. The van der Waals surface area contributed by atoms with E-state index in [4.69, 9.17) is 4.74 Å². The van der Waals surface area contributed by atoms with Crippen molar-refractivity contribution >= 4 is 17.0 Å². The molecule has 0 unspecified atom stereocenters. The van der Waals surface area contributed by atoms with E-state index in [1.807, 2.05) is 0 Å². The Hall–Kier alpha value is -2.11. The van der Waals surface area contributed by atoms with Crippen LogP contribution in [-0.2, 0) is 7.05 Å². The number of piperidine rings is 1. The lowest BCUT2D eigenvalue weighted by atomic mass is 10.00. The Morgan fingerprint density at radius 3 is 2.81 bits per heavy atom. The van der Waals surface area contributed by atoms with E-state index < -0.39 is 0 Å². The molecule has 1 aliphatic heterocycles. The van der Waals surface area contributed by atoms with Crippen molar-refractivity contribution in [2.45, 2.75) is 19.8 Å². The monoisotopic (exact) mass is 291 g/mol. The normalized spacial score (nSPS) is 16.4. The average molecular weight is 291 g/mol. The van der Waals surface area contributed by atoms with Crippen molar-refractivity contribution in [1.29, 1.82) is 0 Å². The molecule has 2 heterocycles. The molecule has 112 valence electrons. The molecule has 6 heteroatoms. The molecule has 0 aliphatic carbocycles. The number of benzene rings is 1. The van der Waals surface area contributed by atoms with E-state index in [0.29, 0.717) is 29.9 Å². The molecule has 3 rings (SSSR count). The number of aryl methyl sites for hydroxylation is 1. The minimum atomic E-state index is -0.383. The number of carbonyl (C=O) groups excluding carboxylic acids is 1. The van der Waals surface area contributed by atoms with Crippen LogP contribution in [0.15, 0.2) is 18.2 Å². The van der Waals surface area contributed by atoms with E-state index in [1.54, 1.807) is 18.0 Å². The number of fused-ring (bicyclic) bond motifs is 1. The standard InChI is InChI=1S/C15H18FN3O2/c1-10-5-7-19(8-6-10)15(20)21-14-12-4-3-11(16)9-13(12)18(2)17-14/h3-4,9-10H,5-8H2,1-2H3. The van der Waals surface area contributed by atoms with Gasteiger partial charge in [-0.1, -0.05) is 6.92 Å². The Balaban J connectivity index is 1.80. The third-order valence-electron chi connectivity index (χ3n) is 4.01. The molecule has 0 bridgehead atoms. The number of amides is 1. The fourth-order valence-corrected chi connectivity index (χ4v) is 2.61. The minimum Gasteiger partial charge on any atom is -0.389 e. The molecule has 0 radical (unpaired) electrons. The maximum Gasteiger partial charge on any atom is 0.416 e. The maximum atomic E-state index is 13.3. The highest BCUT2D eigenvalue weighted by Crippen LogP contribution is 2.26. The second-order valence-corrected chi connectivity index (χ2v) is 5.63. The van der Waals surface area contributed by atoms with Gasteiger partial charge < -0.3 is 9.64 Å². The van der Waals surface area contributed by atoms with Gasteiger partial charge in [0.15, 0.2) is 0 Å². The Morgan fingerprint density at radius 1 is 1.38 bits per heavy atom. The van der Waals surface area contributed by atoms with Gasteiger partial charge in [0.2, 0.25) is 0 Å². The van der Waals surface area contributed by atoms with Gasteiger partial charge >= 0.3 is 6.09 Å². The van der Waals surface area contributed by atoms with Crippen LogP contribution in [0.3, 0.4) is 0 Å². The number of hydrogen-bond acceptors (Lipinski definition) is 3. The highest BCUT2D eigenvalue weighted by Gasteiger charge is 2.23. The number of likely N-dealkylation sites (tertiary alicyclic amines) is 1. The summed E-state index contributed by atoms with van der Waals surface area (Å²) in [6.07, 6.45) is 1.60. The third-order valence-corrected chi connectivity index (χ3v) is 4.01. The lowest BCUT2D eigenvalue weighted by molar-refractivity contribution is 0.132. The molecular formula is C15H18FN3O2. The molecule has 1 aromatic carbocycles. The second kappa shape index (κ2) is 5.35. The fourth-order valence-electron chi connectivity index (χ4n) is 2.61. The molecule has 0 spiro atoms. The van der Waals surface area contributed by atoms with Gasteiger partial charge in [-0.3, -0.25) is 4.68 Å². The molecule has 1 aliphatic rings. The Morgan fingerprint density at radius 2 is 2.10 bits per heavy atom. The van der Waals surface area contributed by atoms with Crippen molar-refractivity contribution in [2.24, 2.45) is 13.0 Å². The van der Waals surface area contributed by atoms with E-state index in [2.05, 4.69) is 12.0 Å². The van der Waals surface area contributed by atoms with Gasteiger partial charge in [-0.25, -0.2) is 9.18 Å². The minimum absolute atomic E-state index is 0.233. The van der Waals surface area contributed by atoms with Crippen molar-refractivity contribution < 1.29 is 13.9 Å². The molecule has 1 aromatic heterocycles. The van der Waals surface area contributed by atoms with Crippen molar-refractivity contribution in [3.05, 3.63) is 24.0 Å². The summed E-state index contributed by atoms with van der Waals surface area (Å²) in [5.41, 5.74) is 0.602. The van der Waals surface area contributed by atoms with Crippen molar-refractivity contribution in [3.63, 3.8) is 0 Å². The number of carbonyl (C=O) groups is 1. The molecule has 5 nitrogen and oxygen atoms in total. The fraction of sp³-hybridized carbons (Fsp3) is 0.467. The van der Waals surface area contributed by atoms with Gasteiger partial charge in [0.25, 0.3) is 5.88 Å². The van der Waals surface area contributed by atoms with Gasteiger partial charge in [0, 0.05) is 20.1 Å². The highest BCUT2D eigenvalue weighted by atomic mass is 19.1. The summed E-state index contributed by atoms with van der Waals surface area (Å²) in [7, 11) is 1.70. The smallest absolute Gasteiger partial charge is 0.389 e. The topological polar surface area (TPSA) is 47.4 Å². The van der Waals surface area contributed by atoms with Crippen LogP contribution in [0.2, 0.25) is 0 Å². The molecule has 2 aromatic rings. The zero-order valence-electron chi connectivity index (χ0n) is 12.2. The lowest BCUT2D eigenvalue weighted by Crippen LogP contribution is -2.39. The van der Waals surface area contributed by atoms with E-state index >= 15 is 0 Å². The quantitative estimate of drug-likeness (QED) is 0.811. The number of ether oxygens (including phenoxy) is 1. The number of hydrogen-bond donors (Lipinski definition) is 0. The first kappa shape index (κ1) is 13.9. The maximum absolute atomic E-state index is 13.3. The highest BCUT2D eigenvalue weighted by molar-refractivity contribution is 5.87.